The molecule has 1 fully saturated rings. The van der Waals surface area contributed by atoms with Crippen molar-refractivity contribution < 1.29 is 0 Å². The third kappa shape index (κ3) is 3.53. The van der Waals surface area contributed by atoms with Crippen molar-refractivity contribution in [1.82, 2.24) is 14.8 Å². The van der Waals surface area contributed by atoms with Crippen molar-refractivity contribution in [3.63, 3.8) is 0 Å². The molecule has 1 aliphatic heterocycles. The molecule has 128 valence electrons. The summed E-state index contributed by atoms with van der Waals surface area (Å²) in [6, 6.07) is 11.5. The number of benzene rings is 1. The molecule has 2 aromatic rings. The van der Waals surface area contributed by atoms with E-state index in [4.69, 9.17) is 10.2 Å². The number of hydrogen-bond donors (Lipinski definition) is 0. The van der Waals surface area contributed by atoms with Gasteiger partial charge in [-0.1, -0.05) is 30.3 Å². The Labute approximate surface area is 145 Å². The molecule has 3 rings (SSSR count). The van der Waals surface area contributed by atoms with Crippen molar-refractivity contribution in [3.05, 3.63) is 52.8 Å². The van der Waals surface area contributed by atoms with Crippen molar-refractivity contribution in [1.29, 1.82) is 0 Å². The lowest BCUT2D eigenvalue weighted by Crippen LogP contribution is -2.39. The molecule has 0 aliphatic carbocycles. The molecule has 0 radical (unpaired) electrons. The molecule has 0 saturated carbocycles. The minimum atomic E-state index is 0.518. The number of aromatic nitrogens is 2. The maximum absolute atomic E-state index is 4.81. The highest BCUT2D eigenvalue weighted by atomic mass is 15.5. The van der Waals surface area contributed by atoms with Crippen molar-refractivity contribution in [3.8, 4) is 0 Å². The summed E-state index contributed by atoms with van der Waals surface area (Å²) in [5.74, 6) is 0. The van der Waals surface area contributed by atoms with Crippen LogP contribution in [0.2, 0.25) is 0 Å². The second-order valence-corrected chi connectivity index (χ2v) is 6.98. The van der Waals surface area contributed by atoms with Crippen molar-refractivity contribution in [2.75, 3.05) is 0 Å². The van der Waals surface area contributed by atoms with Gasteiger partial charge in [0.15, 0.2) is 0 Å². The van der Waals surface area contributed by atoms with Crippen LogP contribution in [-0.2, 0) is 6.54 Å². The first-order valence-corrected chi connectivity index (χ1v) is 8.96. The molecule has 2 heterocycles. The van der Waals surface area contributed by atoms with Crippen LogP contribution in [0, 0.1) is 13.8 Å². The highest BCUT2D eigenvalue weighted by molar-refractivity contribution is 5.82. The Kier molecular flexibility index (Phi) is 5.03. The second-order valence-electron chi connectivity index (χ2n) is 6.98. The Balaban J connectivity index is 1.80. The summed E-state index contributed by atoms with van der Waals surface area (Å²) in [6.07, 6.45) is 5.78. The molecule has 1 aliphatic rings. The number of hydrazone groups is 1. The van der Waals surface area contributed by atoms with Crippen molar-refractivity contribution in [2.24, 2.45) is 5.10 Å². The van der Waals surface area contributed by atoms with E-state index in [1.54, 1.807) is 0 Å². The van der Waals surface area contributed by atoms with Gasteiger partial charge in [0, 0.05) is 23.3 Å². The van der Waals surface area contributed by atoms with Gasteiger partial charge in [0.05, 0.1) is 18.5 Å². The minimum absolute atomic E-state index is 0.518. The number of piperidine rings is 1. The van der Waals surface area contributed by atoms with Gasteiger partial charge in [-0.25, -0.2) is 0 Å². The lowest BCUT2D eigenvalue weighted by molar-refractivity contribution is 0.109. The predicted molar refractivity (Wildman–Crippen MR) is 99.5 cm³/mol. The molecule has 24 heavy (non-hydrogen) atoms. The van der Waals surface area contributed by atoms with Crippen molar-refractivity contribution in [2.45, 2.75) is 65.6 Å². The van der Waals surface area contributed by atoms with E-state index in [-0.39, 0.29) is 0 Å². The highest BCUT2D eigenvalue weighted by Crippen LogP contribution is 2.23. The summed E-state index contributed by atoms with van der Waals surface area (Å²) in [5, 5.41) is 11.8. The molecule has 1 aromatic carbocycles. The Bertz CT molecular complexity index is 692. The van der Waals surface area contributed by atoms with E-state index < -0.39 is 0 Å². The first-order chi connectivity index (χ1) is 11.6. The zero-order chi connectivity index (χ0) is 17.1. The minimum Gasteiger partial charge on any atom is -0.292 e. The van der Waals surface area contributed by atoms with E-state index in [0.29, 0.717) is 12.1 Å². The number of hydrogen-bond acceptors (Lipinski definition) is 3. The molecule has 4 heteroatoms. The van der Waals surface area contributed by atoms with Gasteiger partial charge in [0.25, 0.3) is 0 Å². The van der Waals surface area contributed by atoms with Crippen LogP contribution in [0.4, 0.5) is 0 Å². The van der Waals surface area contributed by atoms with Crippen LogP contribution >= 0.6 is 0 Å². The number of rotatable bonds is 4. The number of nitrogens with zero attached hydrogens (tertiary/aromatic N) is 4. The van der Waals surface area contributed by atoms with Gasteiger partial charge in [-0.3, -0.25) is 9.69 Å². The zero-order valence-corrected chi connectivity index (χ0v) is 15.2. The highest BCUT2D eigenvalue weighted by Gasteiger charge is 2.23. The molecule has 0 unspecified atom stereocenters. The Morgan fingerprint density at radius 1 is 1.12 bits per heavy atom. The summed E-state index contributed by atoms with van der Waals surface area (Å²) in [7, 11) is 0. The predicted octanol–water partition coefficient (Wildman–Crippen LogP) is 4.15. The summed E-state index contributed by atoms with van der Waals surface area (Å²) in [5.41, 5.74) is 4.64. The maximum Gasteiger partial charge on any atom is 0.0685 e. The summed E-state index contributed by atoms with van der Waals surface area (Å²) in [4.78, 5) is 0. The van der Waals surface area contributed by atoms with Gasteiger partial charge in [-0.15, -0.1) is 0 Å². The topological polar surface area (TPSA) is 33.4 Å². The molecule has 0 spiro atoms. The molecule has 1 aromatic heterocycles. The molecule has 4 nitrogen and oxygen atoms in total. The zero-order valence-electron chi connectivity index (χ0n) is 15.2. The molecule has 0 bridgehead atoms. The van der Waals surface area contributed by atoms with E-state index in [1.165, 1.54) is 30.5 Å². The summed E-state index contributed by atoms with van der Waals surface area (Å²) >= 11 is 0. The SMILES string of the molecule is Cc1nn(Cc2ccccc2)c(C)c1C=NN1[C@H](C)CCC[C@@H]1C. The largest absolute Gasteiger partial charge is 0.292 e. The summed E-state index contributed by atoms with van der Waals surface area (Å²) in [6.45, 7) is 9.54. The first-order valence-electron chi connectivity index (χ1n) is 8.96. The summed E-state index contributed by atoms with van der Waals surface area (Å²) < 4.78 is 2.08. The van der Waals surface area contributed by atoms with Gasteiger partial charge in [0.1, 0.15) is 0 Å². The van der Waals surface area contributed by atoms with Gasteiger partial charge >= 0.3 is 0 Å². The van der Waals surface area contributed by atoms with Crippen LogP contribution in [-0.4, -0.2) is 33.1 Å². The first kappa shape index (κ1) is 16.7. The van der Waals surface area contributed by atoms with Gasteiger partial charge in [-0.2, -0.15) is 10.2 Å². The maximum atomic E-state index is 4.81. The van der Waals surface area contributed by atoms with Crippen LogP contribution in [0.25, 0.3) is 0 Å². The van der Waals surface area contributed by atoms with Crippen LogP contribution in [0.1, 0.15) is 55.6 Å². The van der Waals surface area contributed by atoms with Crippen LogP contribution in [0.3, 0.4) is 0 Å². The quantitative estimate of drug-likeness (QED) is 0.792. The molecule has 1 saturated heterocycles. The fourth-order valence-corrected chi connectivity index (χ4v) is 3.57. The smallest absolute Gasteiger partial charge is 0.0685 e. The Morgan fingerprint density at radius 2 is 1.79 bits per heavy atom. The average Bonchev–Trinajstić information content (AvgIpc) is 2.82. The fraction of sp³-hybridized carbons (Fsp3) is 0.500. The standard InChI is InChI=1S/C20H28N4/c1-15-9-8-10-16(2)24(15)21-13-20-17(3)22-23(18(20)4)14-19-11-6-5-7-12-19/h5-7,11-13,15-16H,8-10,14H2,1-4H3/t15-,16+. The third-order valence-electron chi connectivity index (χ3n) is 5.08. The molecular weight excluding hydrogens is 296 g/mol. The number of aryl methyl sites for hydroxylation is 1. The van der Waals surface area contributed by atoms with Crippen molar-refractivity contribution >= 4 is 6.21 Å². The Hall–Kier alpha value is -2.10. The van der Waals surface area contributed by atoms with Crippen LogP contribution < -0.4 is 0 Å². The van der Waals surface area contributed by atoms with Gasteiger partial charge in [-0.05, 0) is 52.5 Å². The normalized spacial score (nSPS) is 21.6. The van der Waals surface area contributed by atoms with E-state index in [1.807, 2.05) is 12.3 Å². The molecule has 2 atom stereocenters. The lowest BCUT2D eigenvalue weighted by Gasteiger charge is -2.36. The van der Waals surface area contributed by atoms with E-state index >= 15 is 0 Å². The van der Waals surface area contributed by atoms with Crippen LogP contribution in [0.5, 0.6) is 0 Å². The molecular formula is C20H28N4. The second kappa shape index (κ2) is 7.20. The monoisotopic (exact) mass is 324 g/mol. The van der Waals surface area contributed by atoms with E-state index in [0.717, 1.165) is 17.8 Å². The van der Waals surface area contributed by atoms with Gasteiger partial charge < -0.3 is 0 Å². The Morgan fingerprint density at radius 3 is 2.46 bits per heavy atom. The van der Waals surface area contributed by atoms with Crippen LogP contribution in [0.15, 0.2) is 35.4 Å². The van der Waals surface area contributed by atoms with E-state index in [2.05, 4.69) is 61.7 Å². The average molecular weight is 324 g/mol. The third-order valence-corrected chi connectivity index (χ3v) is 5.08. The molecule has 0 amide bonds. The van der Waals surface area contributed by atoms with Gasteiger partial charge in [0.2, 0.25) is 0 Å². The lowest BCUT2D eigenvalue weighted by atomic mass is 10.00. The van der Waals surface area contributed by atoms with E-state index in [9.17, 15) is 0 Å². The fourth-order valence-electron chi connectivity index (χ4n) is 3.57. The molecule has 0 N–H and O–H groups in total.